The van der Waals surface area contributed by atoms with E-state index in [9.17, 15) is 4.79 Å². The van der Waals surface area contributed by atoms with Crippen LogP contribution in [0.5, 0.6) is 0 Å². The number of amides is 1. The highest BCUT2D eigenvalue weighted by Crippen LogP contribution is 2.23. The van der Waals surface area contributed by atoms with Gasteiger partial charge in [-0.2, -0.15) is 0 Å². The molecule has 0 saturated heterocycles. The van der Waals surface area contributed by atoms with Gasteiger partial charge in [-0.1, -0.05) is 13.8 Å². The van der Waals surface area contributed by atoms with Crippen LogP contribution in [-0.2, 0) is 11.2 Å². The molecule has 0 spiro atoms. The zero-order valence-electron chi connectivity index (χ0n) is 13.8. The maximum absolute atomic E-state index is 12.2. The molecule has 0 fully saturated rings. The van der Waals surface area contributed by atoms with E-state index in [4.69, 9.17) is 5.73 Å². The van der Waals surface area contributed by atoms with Crippen molar-refractivity contribution < 1.29 is 4.79 Å². The number of halogens is 2. The smallest absolute Gasteiger partial charge is 0.226 e. The van der Waals surface area contributed by atoms with Gasteiger partial charge in [0.25, 0.3) is 0 Å². The maximum atomic E-state index is 12.2. The zero-order chi connectivity index (χ0) is 16.0. The van der Waals surface area contributed by atoms with E-state index in [1.54, 1.807) is 12.4 Å². The Morgan fingerprint density at radius 3 is 2.58 bits per heavy atom. The molecule has 8 heteroatoms. The van der Waals surface area contributed by atoms with Crippen molar-refractivity contribution in [2.75, 3.05) is 6.54 Å². The third-order valence-electron chi connectivity index (χ3n) is 3.95. The fourth-order valence-corrected chi connectivity index (χ4v) is 3.09. The topological polar surface area (TPSA) is 80.9 Å². The Bertz CT molecular complexity index is 609. The molecule has 2 heterocycles. The summed E-state index contributed by atoms with van der Waals surface area (Å²) >= 11 is 1.52. The number of hydrogen-bond acceptors (Lipinski definition) is 5. The summed E-state index contributed by atoms with van der Waals surface area (Å²) in [4.78, 5) is 20.8. The van der Waals surface area contributed by atoms with Gasteiger partial charge < -0.3 is 11.1 Å². The first-order valence-electron chi connectivity index (χ1n) is 7.48. The molecule has 24 heavy (non-hydrogen) atoms. The van der Waals surface area contributed by atoms with Crippen LogP contribution in [0.1, 0.15) is 32.4 Å². The monoisotopic (exact) mass is 390 g/mol. The van der Waals surface area contributed by atoms with Crippen molar-refractivity contribution in [3.05, 3.63) is 35.6 Å². The lowest BCUT2D eigenvalue weighted by molar-refractivity contribution is -0.122. The number of carbonyl (C=O) groups excluding carboxylic acids is 1. The first-order chi connectivity index (χ1) is 10.6. The average Bonchev–Trinajstić information content (AvgIpc) is 3.02. The molecule has 0 aliphatic carbocycles. The number of nitrogens with one attached hydrogen (secondary N) is 1. The molecular formula is C16H24Cl2N4OS. The number of aromatic nitrogens is 2. The van der Waals surface area contributed by atoms with Gasteiger partial charge in [-0.25, -0.2) is 4.98 Å². The molecule has 0 bridgehead atoms. The van der Waals surface area contributed by atoms with Crippen LogP contribution in [0.25, 0.3) is 10.6 Å². The van der Waals surface area contributed by atoms with Crippen molar-refractivity contribution in [1.29, 1.82) is 0 Å². The Hall–Kier alpha value is -1.21. The van der Waals surface area contributed by atoms with Crippen molar-refractivity contribution in [2.24, 2.45) is 5.73 Å². The van der Waals surface area contributed by atoms with Crippen molar-refractivity contribution in [1.82, 2.24) is 15.3 Å². The molecule has 0 unspecified atom stereocenters. The number of thiazole rings is 1. The minimum atomic E-state index is -0.306. The van der Waals surface area contributed by atoms with Gasteiger partial charge >= 0.3 is 0 Å². The summed E-state index contributed by atoms with van der Waals surface area (Å²) in [7, 11) is 0. The second-order valence-corrected chi connectivity index (χ2v) is 6.16. The quantitative estimate of drug-likeness (QED) is 0.760. The lowest BCUT2D eigenvalue weighted by Crippen LogP contribution is -2.53. The number of rotatable bonds is 7. The van der Waals surface area contributed by atoms with E-state index in [1.807, 2.05) is 31.4 Å². The third kappa shape index (κ3) is 5.70. The molecule has 0 radical (unpaired) electrons. The van der Waals surface area contributed by atoms with Gasteiger partial charge in [0.1, 0.15) is 5.01 Å². The summed E-state index contributed by atoms with van der Waals surface area (Å²) in [5.41, 5.74) is 7.26. The lowest BCUT2D eigenvalue weighted by Gasteiger charge is -2.31. The molecule has 134 valence electrons. The van der Waals surface area contributed by atoms with Crippen molar-refractivity contribution in [2.45, 2.75) is 38.6 Å². The number of hydrogen-bond donors (Lipinski definition) is 2. The van der Waals surface area contributed by atoms with Gasteiger partial charge in [0, 0.05) is 29.9 Å². The minimum Gasteiger partial charge on any atom is -0.349 e. The van der Waals surface area contributed by atoms with Crippen LogP contribution in [0.3, 0.4) is 0 Å². The lowest BCUT2D eigenvalue weighted by atomic mass is 9.92. The van der Waals surface area contributed by atoms with Gasteiger partial charge in [-0.3, -0.25) is 9.78 Å². The fraction of sp³-hybridized carbons (Fsp3) is 0.438. The maximum Gasteiger partial charge on any atom is 0.226 e. The summed E-state index contributed by atoms with van der Waals surface area (Å²) in [6.07, 6.45) is 5.43. The average molecular weight is 391 g/mol. The van der Waals surface area contributed by atoms with Crippen LogP contribution in [-0.4, -0.2) is 28.0 Å². The summed E-state index contributed by atoms with van der Waals surface area (Å²) < 4.78 is 0. The Balaban J connectivity index is 0.00000264. The molecule has 0 saturated carbocycles. The van der Waals surface area contributed by atoms with Gasteiger partial charge in [0.15, 0.2) is 0 Å². The van der Waals surface area contributed by atoms with Crippen LogP contribution >= 0.6 is 36.2 Å². The first kappa shape index (κ1) is 22.8. The first-order valence-corrected chi connectivity index (χ1v) is 8.36. The molecule has 2 aromatic rings. The molecular weight excluding hydrogens is 367 g/mol. The second-order valence-electron chi connectivity index (χ2n) is 5.30. The summed E-state index contributed by atoms with van der Waals surface area (Å²) in [5.74, 6) is -0.0304. The molecule has 0 atom stereocenters. The van der Waals surface area contributed by atoms with E-state index in [-0.39, 0.29) is 42.7 Å². The number of nitrogens with two attached hydrogens (primary N) is 1. The molecule has 2 aromatic heterocycles. The molecule has 0 aliphatic rings. The van der Waals surface area contributed by atoms with E-state index in [1.165, 1.54) is 11.3 Å². The van der Waals surface area contributed by atoms with E-state index in [0.717, 1.165) is 29.1 Å². The van der Waals surface area contributed by atoms with Crippen molar-refractivity contribution in [3.8, 4) is 10.6 Å². The normalized spacial score (nSPS) is 10.5. The highest BCUT2D eigenvalue weighted by atomic mass is 35.5. The molecule has 0 aromatic carbocycles. The second kappa shape index (κ2) is 10.6. The largest absolute Gasteiger partial charge is 0.349 e. The highest BCUT2D eigenvalue weighted by molar-refractivity contribution is 7.13. The van der Waals surface area contributed by atoms with Crippen LogP contribution in [0, 0.1) is 0 Å². The number of pyridine rings is 1. The van der Waals surface area contributed by atoms with E-state index < -0.39 is 0 Å². The van der Waals surface area contributed by atoms with E-state index in [0.29, 0.717) is 6.54 Å². The van der Waals surface area contributed by atoms with Crippen molar-refractivity contribution >= 4 is 42.1 Å². The van der Waals surface area contributed by atoms with Crippen LogP contribution in [0.4, 0.5) is 0 Å². The zero-order valence-corrected chi connectivity index (χ0v) is 16.3. The Kier molecular flexibility index (Phi) is 10.1. The Labute approximate surface area is 159 Å². The summed E-state index contributed by atoms with van der Waals surface area (Å²) in [6.45, 7) is 4.53. The van der Waals surface area contributed by atoms with Crippen LogP contribution in [0.15, 0.2) is 29.9 Å². The van der Waals surface area contributed by atoms with Gasteiger partial charge in [0.05, 0.1) is 17.7 Å². The third-order valence-corrected chi connectivity index (χ3v) is 4.89. The number of carbonyl (C=O) groups is 1. The standard InChI is InChI=1S/C16H22N4OS.2ClH/c1-3-16(4-2,11-17)20-14(21)8-13-10-22-15(19-13)12-6-5-7-18-9-12;;/h5-7,9-10H,3-4,8,11,17H2,1-2H3,(H,20,21);2*1H. The van der Waals surface area contributed by atoms with Crippen LogP contribution < -0.4 is 11.1 Å². The molecule has 3 N–H and O–H groups in total. The number of nitrogens with zero attached hydrogens (tertiary/aromatic N) is 2. The minimum absolute atomic E-state index is 0. The van der Waals surface area contributed by atoms with Gasteiger partial charge in [0.2, 0.25) is 5.91 Å². The van der Waals surface area contributed by atoms with E-state index >= 15 is 0 Å². The SMILES string of the molecule is CCC(CC)(CN)NC(=O)Cc1csc(-c2cccnc2)n1.Cl.Cl. The van der Waals surface area contributed by atoms with Gasteiger partial charge in [-0.05, 0) is 25.0 Å². The summed E-state index contributed by atoms with van der Waals surface area (Å²) in [5, 5.41) is 5.87. The Morgan fingerprint density at radius 2 is 2.04 bits per heavy atom. The predicted octanol–water partition coefficient (Wildman–Crippen LogP) is 3.22. The highest BCUT2D eigenvalue weighted by Gasteiger charge is 2.26. The molecule has 1 amide bonds. The predicted molar refractivity (Wildman–Crippen MR) is 104 cm³/mol. The molecule has 5 nitrogen and oxygen atoms in total. The molecule has 0 aliphatic heterocycles. The fourth-order valence-electron chi connectivity index (χ4n) is 2.28. The van der Waals surface area contributed by atoms with E-state index in [2.05, 4.69) is 15.3 Å². The molecule has 2 rings (SSSR count). The van der Waals surface area contributed by atoms with Crippen LogP contribution in [0.2, 0.25) is 0 Å². The Morgan fingerprint density at radius 1 is 1.33 bits per heavy atom. The van der Waals surface area contributed by atoms with Gasteiger partial charge in [-0.15, -0.1) is 36.2 Å². The summed E-state index contributed by atoms with van der Waals surface area (Å²) in [6, 6.07) is 3.84. The van der Waals surface area contributed by atoms with Crippen molar-refractivity contribution in [3.63, 3.8) is 0 Å².